The SMILES string of the molecule is CC(C)n1ncnc1C1=CN2CCOc3ccc(CO)cc3C2N1. The van der Waals surface area contributed by atoms with E-state index in [0.29, 0.717) is 6.61 Å². The van der Waals surface area contributed by atoms with Crippen LogP contribution < -0.4 is 10.1 Å². The Morgan fingerprint density at radius 1 is 1.42 bits per heavy atom. The summed E-state index contributed by atoms with van der Waals surface area (Å²) in [6.07, 6.45) is 3.64. The van der Waals surface area contributed by atoms with E-state index in [1.807, 2.05) is 22.9 Å². The highest BCUT2D eigenvalue weighted by atomic mass is 16.5. The monoisotopic (exact) mass is 327 g/mol. The van der Waals surface area contributed by atoms with Gasteiger partial charge in [0.25, 0.3) is 0 Å². The molecule has 0 saturated heterocycles. The van der Waals surface area contributed by atoms with Gasteiger partial charge in [0.1, 0.15) is 24.8 Å². The lowest BCUT2D eigenvalue weighted by atomic mass is 10.1. The molecule has 0 radical (unpaired) electrons. The van der Waals surface area contributed by atoms with E-state index in [4.69, 9.17) is 4.74 Å². The van der Waals surface area contributed by atoms with Crippen molar-refractivity contribution in [1.82, 2.24) is 25.0 Å². The maximum absolute atomic E-state index is 9.44. The molecule has 0 fully saturated rings. The molecule has 1 atom stereocenters. The van der Waals surface area contributed by atoms with Gasteiger partial charge in [-0.2, -0.15) is 5.10 Å². The maximum atomic E-state index is 9.44. The van der Waals surface area contributed by atoms with E-state index in [0.717, 1.165) is 34.9 Å². The van der Waals surface area contributed by atoms with Crippen LogP contribution in [0.3, 0.4) is 0 Å². The van der Waals surface area contributed by atoms with E-state index in [2.05, 4.69) is 40.3 Å². The number of aliphatic hydroxyl groups is 1. The molecule has 2 aromatic rings. The lowest BCUT2D eigenvalue weighted by Crippen LogP contribution is -2.28. The summed E-state index contributed by atoms with van der Waals surface area (Å²) in [7, 11) is 0. The Labute approximate surface area is 140 Å². The minimum Gasteiger partial charge on any atom is -0.491 e. The van der Waals surface area contributed by atoms with Crippen LogP contribution in [0.15, 0.2) is 30.7 Å². The summed E-state index contributed by atoms with van der Waals surface area (Å²) in [5.41, 5.74) is 2.86. The molecule has 0 aliphatic carbocycles. The van der Waals surface area contributed by atoms with Crippen LogP contribution in [-0.4, -0.2) is 37.9 Å². The number of fused-ring (bicyclic) bond motifs is 3. The van der Waals surface area contributed by atoms with E-state index < -0.39 is 0 Å². The van der Waals surface area contributed by atoms with Crippen LogP contribution in [-0.2, 0) is 6.61 Å². The molecule has 0 spiro atoms. The van der Waals surface area contributed by atoms with Crippen LogP contribution in [0.1, 0.15) is 43.0 Å². The summed E-state index contributed by atoms with van der Waals surface area (Å²) in [5.74, 6) is 1.69. The number of hydrogen-bond acceptors (Lipinski definition) is 6. The predicted molar refractivity (Wildman–Crippen MR) is 88.8 cm³/mol. The molecular formula is C17H21N5O2. The number of benzene rings is 1. The summed E-state index contributed by atoms with van der Waals surface area (Å²) in [4.78, 5) is 6.62. The third-order valence-corrected chi connectivity index (χ3v) is 4.38. The second-order valence-corrected chi connectivity index (χ2v) is 6.33. The van der Waals surface area contributed by atoms with E-state index >= 15 is 0 Å². The number of aliphatic hydroxyl groups excluding tert-OH is 1. The van der Waals surface area contributed by atoms with Crippen molar-refractivity contribution >= 4 is 5.70 Å². The van der Waals surface area contributed by atoms with Crippen molar-refractivity contribution in [3.8, 4) is 5.75 Å². The predicted octanol–water partition coefficient (Wildman–Crippen LogP) is 1.65. The zero-order chi connectivity index (χ0) is 16.7. The first kappa shape index (κ1) is 15.0. The highest BCUT2D eigenvalue weighted by molar-refractivity contribution is 5.61. The van der Waals surface area contributed by atoms with E-state index in [1.165, 1.54) is 0 Å². The van der Waals surface area contributed by atoms with Crippen molar-refractivity contribution in [3.63, 3.8) is 0 Å². The molecule has 7 heteroatoms. The van der Waals surface area contributed by atoms with Gasteiger partial charge in [0.15, 0.2) is 5.82 Å². The second kappa shape index (κ2) is 5.83. The molecule has 0 saturated carbocycles. The molecule has 0 amide bonds. The first-order valence-electron chi connectivity index (χ1n) is 8.18. The summed E-state index contributed by atoms with van der Waals surface area (Å²) in [5, 5.41) is 17.3. The van der Waals surface area contributed by atoms with Gasteiger partial charge in [-0.3, -0.25) is 0 Å². The van der Waals surface area contributed by atoms with Crippen LogP contribution in [0.5, 0.6) is 5.75 Å². The third-order valence-electron chi connectivity index (χ3n) is 4.38. The van der Waals surface area contributed by atoms with Crippen LogP contribution in [0.4, 0.5) is 0 Å². The molecule has 2 aliphatic rings. The molecule has 1 aromatic heterocycles. The summed E-state index contributed by atoms with van der Waals surface area (Å²) < 4.78 is 7.76. The van der Waals surface area contributed by atoms with Gasteiger partial charge >= 0.3 is 0 Å². The molecule has 4 rings (SSSR count). The number of rotatable bonds is 3. The van der Waals surface area contributed by atoms with Crippen molar-refractivity contribution in [1.29, 1.82) is 0 Å². The minimum atomic E-state index is -0.0266. The van der Waals surface area contributed by atoms with Gasteiger partial charge in [0.05, 0.1) is 18.8 Å². The fourth-order valence-electron chi connectivity index (χ4n) is 3.20. The van der Waals surface area contributed by atoms with E-state index in [-0.39, 0.29) is 18.8 Å². The van der Waals surface area contributed by atoms with Gasteiger partial charge in [0.2, 0.25) is 0 Å². The molecule has 2 N–H and O–H groups in total. The van der Waals surface area contributed by atoms with Crippen molar-refractivity contribution in [2.24, 2.45) is 0 Å². The summed E-state index contributed by atoms with van der Waals surface area (Å²) >= 11 is 0. The Balaban J connectivity index is 1.70. The molecule has 1 aromatic carbocycles. The minimum absolute atomic E-state index is 0.0158. The van der Waals surface area contributed by atoms with Crippen molar-refractivity contribution in [3.05, 3.63) is 47.7 Å². The van der Waals surface area contributed by atoms with Gasteiger partial charge in [-0.1, -0.05) is 6.07 Å². The topological polar surface area (TPSA) is 75.4 Å². The Kier molecular flexibility index (Phi) is 3.65. The van der Waals surface area contributed by atoms with E-state index in [9.17, 15) is 5.11 Å². The highest BCUT2D eigenvalue weighted by Gasteiger charge is 2.32. The van der Waals surface area contributed by atoms with Crippen molar-refractivity contribution in [2.45, 2.75) is 32.7 Å². The van der Waals surface area contributed by atoms with Crippen LogP contribution in [0.25, 0.3) is 5.70 Å². The molecule has 126 valence electrons. The fraction of sp³-hybridized carbons (Fsp3) is 0.412. The largest absolute Gasteiger partial charge is 0.491 e. The molecule has 2 aliphatic heterocycles. The average Bonchev–Trinajstić information content (AvgIpc) is 3.19. The zero-order valence-corrected chi connectivity index (χ0v) is 13.8. The molecule has 3 heterocycles. The standard InChI is InChI=1S/C17H21N5O2/c1-11(2)22-17(18-10-19-22)14-8-21-5-6-24-15-4-3-12(9-23)7-13(15)16(21)20-14/h3-4,7-8,10-11,16,20,23H,5-6,9H2,1-2H3. The quantitative estimate of drug-likeness (QED) is 0.893. The number of ether oxygens (including phenoxy) is 1. The molecular weight excluding hydrogens is 306 g/mol. The summed E-state index contributed by atoms with van der Waals surface area (Å²) in [6.45, 7) is 5.58. The zero-order valence-electron chi connectivity index (χ0n) is 13.8. The number of nitrogens with one attached hydrogen (secondary N) is 1. The Morgan fingerprint density at radius 3 is 3.08 bits per heavy atom. The lowest BCUT2D eigenvalue weighted by Gasteiger charge is -2.23. The van der Waals surface area contributed by atoms with Crippen LogP contribution in [0.2, 0.25) is 0 Å². The average molecular weight is 327 g/mol. The normalized spacial score (nSPS) is 19.2. The van der Waals surface area contributed by atoms with Crippen molar-refractivity contribution in [2.75, 3.05) is 13.2 Å². The maximum Gasteiger partial charge on any atom is 0.176 e. The Hall–Kier alpha value is -2.54. The molecule has 0 bridgehead atoms. The van der Waals surface area contributed by atoms with Gasteiger partial charge in [0, 0.05) is 17.8 Å². The number of nitrogens with zero attached hydrogens (tertiary/aromatic N) is 4. The molecule has 24 heavy (non-hydrogen) atoms. The van der Waals surface area contributed by atoms with Crippen LogP contribution in [0, 0.1) is 0 Å². The Bertz CT molecular complexity index is 783. The van der Waals surface area contributed by atoms with E-state index in [1.54, 1.807) is 6.33 Å². The van der Waals surface area contributed by atoms with Crippen LogP contribution >= 0.6 is 0 Å². The Morgan fingerprint density at radius 2 is 2.29 bits per heavy atom. The van der Waals surface area contributed by atoms with Crippen molar-refractivity contribution < 1.29 is 9.84 Å². The molecule has 7 nitrogen and oxygen atoms in total. The first-order valence-corrected chi connectivity index (χ1v) is 8.18. The lowest BCUT2D eigenvalue weighted by molar-refractivity contribution is 0.248. The van der Waals surface area contributed by atoms with Gasteiger partial charge in [-0.25, -0.2) is 9.67 Å². The summed E-state index contributed by atoms with van der Waals surface area (Å²) in [6, 6.07) is 6.06. The third kappa shape index (κ3) is 2.41. The number of hydrogen-bond donors (Lipinski definition) is 2. The highest BCUT2D eigenvalue weighted by Crippen LogP contribution is 2.36. The molecule has 1 unspecified atom stereocenters. The van der Waals surface area contributed by atoms with Gasteiger partial charge < -0.3 is 20.1 Å². The van der Waals surface area contributed by atoms with Gasteiger partial charge in [-0.05, 0) is 31.5 Å². The first-order chi connectivity index (χ1) is 11.7. The smallest absolute Gasteiger partial charge is 0.176 e. The second-order valence-electron chi connectivity index (χ2n) is 6.33. The fourth-order valence-corrected chi connectivity index (χ4v) is 3.20. The van der Waals surface area contributed by atoms with Gasteiger partial charge in [-0.15, -0.1) is 0 Å². The number of aromatic nitrogens is 3.